The molecular formula is C26H36N2O2. The molecule has 0 bridgehead atoms. The number of aryl methyl sites for hydroxylation is 2. The maximum absolute atomic E-state index is 5.60. The van der Waals surface area contributed by atoms with Gasteiger partial charge in [0.05, 0.1) is 13.2 Å². The number of nitrogens with zero attached hydrogens (tertiary/aromatic N) is 2. The molecule has 2 fully saturated rings. The topological polar surface area (TPSA) is 24.9 Å². The second-order valence-electron chi connectivity index (χ2n) is 8.67. The molecule has 0 spiro atoms. The SMILES string of the molecule is CCN(c1cc(-c2ccc(CN3CCOCC3)cc2)c(C)cc1C)C1CCOCC1. The third-order valence-electron chi connectivity index (χ3n) is 6.60. The lowest BCUT2D eigenvalue weighted by Crippen LogP contribution is -2.39. The van der Waals surface area contributed by atoms with E-state index in [9.17, 15) is 0 Å². The van der Waals surface area contributed by atoms with E-state index in [4.69, 9.17) is 9.47 Å². The van der Waals surface area contributed by atoms with Gasteiger partial charge in [0.1, 0.15) is 0 Å². The first kappa shape index (κ1) is 21.4. The molecule has 4 nitrogen and oxygen atoms in total. The quantitative estimate of drug-likeness (QED) is 0.685. The van der Waals surface area contributed by atoms with Crippen molar-refractivity contribution in [1.82, 2.24) is 4.90 Å². The van der Waals surface area contributed by atoms with Crippen LogP contribution < -0.4 is 4.90 Å². The number of benzene rings is 2. The van der Waals surface area contributed by atoms with Crippen LogP contribution in [0.2, 0.25) is 0 Å². The normalized spacial score (nSPS) is 18.5. The molecule has 0 radical (unpaired) electrons. The number of rotatable bonds is 6. The van der Waals surface area contributed by atoms with Crippen molar-refractivity contribution >= 4 is 5.69 Å². The summed E-state index contributed by atoms with van der Waals surface area (Å²) in [7, 11) is 0. The smallest absolute Gasteiger partial charge is 0.0594 e. The Kier molecular flexibility index (Phi) is 7.08. The largest absolute Gasteiger partial charge is 0.381 e. The number of hydrogen-bond donors (Lipinski definition) is 0. The summed E-state index contributed by atoms with van der Waals surface area (Å²) in [5.41, 5.74) is 8.13. The Balaban J connectivity index is 1.56. The van der Waals surface area contributed by atoms with E-state index in [1.54, 1.807) is 0 Å². The van der Waals surface area contributed by atoms with E-state index in [2.05, 4.69) is 67.0 Å². The Hall–Kier alpha value is -1.88. The lowest BCUT2D eigenvalue weighted by atomic mass is 9.95. The highest BCUT2D eigenvalue weighted by atomic mass is 16.5. The molecule has 2 aliphatic rings. The minimum Gasteiger partial charge on any atom is -0.381 e. The molecule has 2 saturated heterocycles. The first-order chi connectivity index (χ1) is 14.7. The maximum atomic E-state index is 5.60. The van der Waals surface area contributed by atoms with Gasteiger partial charge in [0, 0.05) is 51.1 Å². The minimum absolute atomic E-state index is 0.578. The number of morpholine rings is 1. The fourth-order valence-electron chi connectivity index (χ4n) is 4.89. The van der Waals surface area contributed by atoms with E-state index in [1.165, 1.54) is 33.5 Å². The van der Waals surface area contributed by atoms with Crippen LogP contribution in [0.1, 0.15) is 36.5 Å². The zero-order valence-electron chi connectivity index (χ0n) is 18.8. The zero-order valence-corrected chi connectivity index (χ0v) is 18.8. The van der Waals surface area contributed by atoms with Gasteiger partial charge in [-0.15, -0.1) is 0 Å². The molecule has 0 N–H and O–H groups in total. The van der Waals surface area contributed by atoms with Gasteiger partial charge in [-0.1, -0.05) is 30.3 Å². The summed E-state index contributed by atoms with van der Waals surface area (Å²) in [4.78, 5) is 5.06. The van der Waals surface area contributed by atoms with Crippen molar-refractivity contribution in [3.8, 4) is 11.1 Å². The van der Waals surface area contributed by atoms with Crippen LogP contribution in [0, 0.1) is 13.8 Å². The third kappa shape index (κ3) is 4.88. The lowest BCUT2D eigenvalue weighted by Gasteiger charge is -2.36. The van der Waals surface area contributed by atoms with Gasteiger partial charge in [0.15, 0.2) is 0 Å². The second kappa shape index (κ2) is 9.95. The standard InChI is InChI=1S/C26H36N2O2/c1-4-28(24-9-13-29-14-10-24)26-18-25(20(2)17-21(26)3)23-7-5-22(6-8-23)19-27-11-15-30-16-12-27/h5-8,17-18,24H,4,9-16,19H2,1-3H3. The molecule has 2 aliphatic heterocycles. The van der Waals surface area contributed by atoms with E-state index in [1.807, 2.05) is 0 Å². The van der Waals surface area contributed by atoms with E-state index in [0.29, 0.717) is 6.04 Å². The molecule has 0 aromatic heterocycles. The van der Waals surface area contributed by atoms with Crippen LogP contribution in [0.5, 0.6) is 0 Å². The van der Waals surface area contributed by atoms with Crippen LogP contribution >= 0.6 is 0 Å². The fourth-order valence-corrected chi connectivity index (χ4v) is 4.89. The molecule has 0 aliphatic carbocycles. The van der Waals surface area contributed by atoms with Crippen molar-refractivity contribution in [2.45, 2.75) is 46.2 Å². The minimum atomic E-state index is 0.578. The monoisotopic (exact) mass is 408 g/mol. The van der Waals surface area contributed by atoms with Crippen molar-refractivity contribution in [2.24, 2.45) is 0 Å². The molecule has 2 heterocycles. The van der Waals surface area contributed by atoms with E-state index in [0.717, 1.165) is 65.4 Å². The summed E-state index contributed by atoms with van der Waals surface area (Å²) in [6, 6.07) is 14.5. The zero-order chi connectivity index (χ0) is 20.9. The Bertz CT molecular complexity index is 822. The summed E-state index contributed by atoms with van der Waals surface area (Å²) in [5.74, 6) is 0. The lowest BCUT2D eigenvalue weighted by molar-refractivity contribution is 0.0342. The molecule has 162 valence electrons. The van der Waals surface area contributed by atoms with Crippen molar-refractivity contribution in [2.75, 3.05) is 51.0 Å². The van der Waals surface area contributed by atoms with Crippen molar-refractivity contribution in [3.63, 3.8) is 0 Å². The average molecular weight is 409 g/mol. The molecule has 4 heteroatoms. The number of anilines is 1. The van der Waals surface area contributed by atoms with E-state index in [-0.39, 0.29) is 0 Å². The molecule has 30 heavy (non-hydrogen) atoms. The molecule has 0 unspecified atom stereocenters. The highest BCUT2D eigenvalue weighted by Crippen LogP contribution is 2.33. The van der Waals surface area contributed by atoms with Crippen LogP contribution in [0.15, 0.2) is 36.4 Å². The Morgan fingerprint density at radius 2 is 1.57 bits per heavy atom. The van der Waals surface area contributed by atoms with Gasteiger partial charge in [-0.05, 0) is 67.5 Å². The van der Waals surface area contributed by atoms with E-state index >= 15 is 0 Å². The highest BCUT2D eigenvalue weighted by molar-refractivity contribution is 5.74. The molecule has 0 amide bonds. The van der Waals surface area contributed by atoms with Crippen LogP contribution in [0.3, 0.4) is 0 Å². The van der Waals surface area contributed by atoms with Gasteiger partial charge in [-0.25, -0.2) is 0 Å². The van der Waals surface area contributed by atoms with Gasteiger partial charge < -0.3 is 14.4 Å². The third-order valence-corrected chi connectivity index (χ3v) is 6.60. The van der Waals surface area contributed by atoms with Crippen molar-refractivity contribution < 1.29 is 9.47 Å². The fraction of sp³-hybridized carbons (Fsp3) is 0.538. The molecule has 0 saturated carbocycles. The van der Waals surface area contributed by atoms with Crippen molar-refractivity contribution in [3.05, 3.63) is 53.1 Å². The average Bonchev–Trinajstić information content (AvgIpc) is 2.78. The van der Waals surface area contributed by atoms with Gasteiger partial charge >= 0.3 is 0 Å². The van der Waals surface area contributed by atoms with E-state index < -0.39 is 0 Å². The van der Waals surface area contributed by atoms with Crippen LogP contribution in [0.4, 0.5) is 5.69 Å². The Labute approximate surface area is 181 Å². The number of ether oxygens (including phenoxy) is 2. The highest BCUT2D eigenvalue weighted by Gasteiger charge is 2.22. The second-order valence-corrected chi connectivity index (χ2v) is 8.67. The summed E-state index contributed by atoms with van der Waals surface area (Å²) >= 11 is 0. The Morgan fingerprint density at radius 3 is 2.23 bits per heavy atom. The van der Waals surface area contributed by atoms with Gasteiger partial charge in [0.2, 0.25) is 0 Å². The summed E-state index contributed by atoms with van der Waals surface area (Å²) in [6.07, 6.45) is 2.24. The molecule has 2 aromatic rings. The number of hydrogen-bond acceptors (Lipinski definition) is 4. The summed E-state index contributed by atoms with van der Waals surface area (Å²) in [6.45, 7) is 14.3. The van der Waals surface area contributed by atoms with Crippen LogP contribution in [-0.2, 0) is 16.0 Å². The molecule has 4 rings (SSSR count). The van der Waals surface area contributed by atoms with Gasteiger partial charge in [-0.3, -0.25) is 4.90 Å². The predicted octanol–water partition coefficient (Wildman–Crippen LogP) is 4.81. The molecule has 0 atom stereocenters. The molecule has 2 aromatic carbocycles. The van der Waals surface area contributed by atoms with Crippen LogP contribution in [-0.4, -0.2) is 57.0 Å². The maximum Gasteiger partial charge on any atom is 0.0594 e. The van der Waals surface area contributed by atoms with Crippen LogP contribution in [0.25, 0.3) is 11.1 Å². The van der Waals surface area contributed by atoms with Gasteiger partial charge in [-0.2, -0.15) is 0 Å². The first-order valence-corrected chi connectivity index (χ1v) is 11.5. The summed E-state index contributed by atoms with van der Waals surface area (Å²) < 4.78 is 11.1. The summed E-state index contributed by atoms with van der Waals surface area (Å²) in [5, 5.41) is 0. The first-order valence-electron chi connectivity index (χ1n) is 11.5. The van der Waals surface area contributed by atoms with Gasteiger partial charge in [0.25, 0.3) is 0 Å². The molecular weight excluding hydrogens is 372 g/mol. The predicted molar refractivity (Wildman–Crippen MR) is 124 cm³/mol. The Morgan fingerprint density at radius 1 is 0.900 bits per heavy atom. The van der Waals surface area contributed by atoms with Crippen molar-refractivity contribution in [1.29, 1.82) is 0 Å².